The lowest BCUT2D eigenvalue weighted by molar-refractivity contribution is 0.238. The topological polar surface area (TPSA) is 12.5 Å². The van der Waals surface area contributed by atoms with Crippen LogP contribution in [0.25, 0.3) is 11.6 Å². The fraction of sp³-hybridized carbons (Fsp3) is 0.259. The summed E-state index contributed by atoms with van der Waals surface area (Å²) in [5, 5.41) is 0. The van der Waals surface area contributed by atoms with Gasteiger partial charge in [0, 0.05) is 6.54 Å². The van der Waals surface area contributed by atoms with Crippen molar-refractivity contribution in [3.8, 4) is 5.75 Å². The quantitative estimate of drug-likeness (QED) is 0.446. The standard InChI is InChI=1S/C27H29NO/c1-3-9-23(10-4-1)21-26(25-11-5-2-6-12-25)22-24-13-15-27(16-14-24)29-20-19-28-17-7-8-18-28/h1-6,9-16,22H,7-8,17-21H2/b26-22+. The number of hydrogen-bond acceptors (Lipinski definition) is 2. The van der Waals surface area contributed by atoms with Crippen LogP contribution in [-0.4, -0.2) is 31.1 Å². The van der Waals surface area contributed by atoms with E-state index in [-0.39, 0.29) is 0 Å². The second kappa shape index (κ2) is 10.1. The zero-order valence-corrected chi connectivity index (χ0v) is 17.0. The van der Waals surface area contributed by atoms with E-state index < -0.39 is 0 Å². The van der Waals surface area contributed by atoms with Crippen LogP contribution in [-0.2, 0) is 6.42 Å². The molecule has 4 rings (SSSR count). The average molecular weight is 384 g/mol. The van der Waals surface area contributed by atoms with Crippen LogP contribution in [0.5, 0.6) is 5.75 Å². The van der Waals surface area contributed by atoms with Crippen molar-refractivity contribution in [2.24, 2.45) is 0 Å². The Labute approximate surface area is 174 Å². The van der Waals surface area contributed by atoms with E-state index in [9.17, 15) is 0 Å². The molecule has 3 aromatic carbocycles. The Morgan fingerprint density at radius 3 is 2.14 bits per heavy atom. The molecule has 0 atom stereocenters. The minimum atomic E-state index is 0.762. The van der Waals surface area contributed by atoms with Gasteiger partial charge in [-0.05, 0) is 66.7 Å². The lowest BCUT2D eigenvalue weighted by Gasteiger charge is -2.15. The normalized spacial score (nSPS) is 14.8. The summed E-state index contributed by atoms with van der Waals surface area (Å²) < 4.78 is 5.95. The van der Waals surface area contributed by atoms with Crippen LogP contribution in [0.3, 0.4) is 0 Å². The Bertz CT molecular complexity index is 894. The predicted molar refractivity (Wildman–Crippen MR) is 122 cm³/mol. The highest BCUT2D eigenvalue weighted by atomic mass is 16.5. The van der Waals surface area contributed by atoms with Crippen LogP contribution >= 0.6 is 0 Å². The Morgan fingerprint density at radius 1 is 0.793 bits per heavy atom. The first-order valence-corrected chi connectivity index (χ1v) is 10.6. The first-order chi connectivity index (χ1) is 14.4. The molecule has 1 fully saturated rings. The van der Waals surface area contributed by atoms with Crippen molar-refractivity contribution >= 4 is 11.6 Å². The summed E-state index contributed by atoms with van der Waals surface area (Å²) in [6.07, 6.45) is 5.86. The first kappa shape index (κ1) is 19.5. The highest BCUT2D eigenvalue weighted by Crippen LogP contribution is 2.24. The van der Waals surface area contributed by atoms with E-state index in [1.54, 1.807) is 0 Å². The van der Waals surface area contributed by atoms with Crippen molar-refractivity contribution in [2.45, 2.75) is 19.3 Å². The van der Waals surface area contributed by atoms with Gasteiger partial charge >= 0.3 is 0 Å². The average Bonchev–Trinajstić information content (AvgIpc) is 3.29. The summed E-state index contributed by atoms with van der Waals surface area (Å²) in [7, 11) is 0. The van der Waals surface area contributed by atoms with Gasteiger partial charge in [0.1, 0.15) is 12.4 Å². The summed E-state index contributed by atoms with van der Waals surface area (Å²) >= 11 is 0. The van der Waals surface area contributed by atoms with Gasteiger partial charge in [-0.2, -0.15) is 0 Å². The predicted octanol–water partition coefficient (Wildman–Crippen LogP) is 5.94. The number of likely N-dealkylation sites (tertiary alicyclic amines) is 1. The fourth-order valence-corrected chi connectivity index (χ4v) is 3.86. The van der Waals surface area contributed by atoms with Crippen LogP contribution in [0.1, 0.15) is 29.5 Å². The zero-order valence-electron chi connectivity index (χ0n) is 17.0. The molecule has 1 aliphatic heterocycles. The van der Waals surface area contributed by atoms with Crippen molar-refractivity contribution in [1.29, 1.82) is 0 Å². The molecule has 0 amide bonds. The van der Waals surface area contributed by atoms with Gasteiger partial charge in [-0.1, -0.05) is 78.9 Å². The monoisotopic (exact) mass is 383 g/mol. The molecule has 2 nitrogen and oxygen atoms in total. The Balaban J connectivity index is 1.45. The van der Waals surface area contributed by atoms with E-state index in [0.717, 1.165) is 25.3 Å². The summed E-state index contributed by atoms with van der Waals surface area (Å²) in [6, 6.07) is 29.8. The van der Waals surface area contributed by atoms with Crippen molar-refractivity contribution in [3.63, 3.8) is 0 Å². The number of rotatable bonds is 8. The summed E-state index contributed by atoms with van der Waals surface area (Å²) in [5.41, 5.74) is 5.11. The highest BCUT2D eigenvalue weighted by molar-refractivity contribution is 5.82. The van der Waals surface area contributed by atoms with Gasteiger partial charge in [-0.3, -0.25) is 4.90 Å². The third kappa shape index (κ3) is 5.82. The zero-order chi connectivity index (χ0) is 19.7. The van der Waals surface area contributed by atoms with E-state index in [1.807, 2.05) is 0 Å². The van der Waals surface area contributed by atoms with Gasteiger partial charge in [-0.25, -0.2) is 0 Å². The summed E-state index contributed by atoms with van der Waals surface area (Å²) in [6.45, 7) is 4.23. The number of ether oxygens (including phenoxy) is 1. The maximum Gasteiger partial charge on any atom is 0.119 e. The van der Waals surface area contributed by atoms with Gasteiger partial charge in [-0.15, -0.1) is 0 Å². The number of hydrogen-bond donors (Lipinski definition) is 0. The molecule has 0 saturated carbocycles. The Morgan fingerprint density at radius 2 is 1.45 bits per heavy atom. The minimum absolute atomic E-state index is 0.762. The van der Waals surface area contributed by atoms with Crippen LogP contribution < -0.4 is 4.74 Å². The maximum atomic E-state index is 5.95. The molecular formula is C27H29NO. The second-order valence-electron chi connectivity index (χ2n) is 7.66. The van der Waals surface area contributed by atoms with Crippen molar-refractivity contribution in [1.82, 2.24) is 4.90 Å². The Hall–Kier alpha value is -2.84. The molecular weight excluding hydrogens is 354 g/mol. The number of nitrogens with zero attached hydrogens (tertiary/aromatic N) is 1. The third-order valence-electron chi connectivity index (χ3n) is 5.48. The van der Waals surface area contributed by atoms with Crippen molar-refractivity contribution in [2.75, 3.05) is 26.2 Å². The van der Waals surface area contributed by atoms with Crippen LogP contribution in [0.15, 0.2) is 84.9 Å². The molecule has 0 unspecified atom stereocenters. The molecule has 1 heterocycles. The lowest BCUT2D eigenvalue weighted by atomic mass is 9.96. The molecule has 0 N–H and O–H groups in total. The van der Waals surface area contributed by atoms with Crippen LogP contribution in [0.4, 0.5) is 0 Å². The van der Waals surface area contributed by atoms with E-state index in [0.29, 0.717) is 0 Å². The molecule has 0 bridgehead atoms. The van der Waals surface area contributed by atoms with Crippen LogP contribution in [0, 0.1) is 0 Å². The van der Waals surface area contributed by atoms with Gasteiger partial charge in [0.25, 0.3) is 0 Å². The van der Waals surface area contributed by atoms with Gasteiger partial charge in [0.2, 0.25) is 0 Å². The third-order valence-corrected chi connectivity index (χ3v) is 5.48. The highest BCUT2D eigenvalue weighted by Gasteiger charge is 2.10. The van der Waals surface area contributed by atoms with Gasteiger partial charge in [0.05, 0.1) is 0 Å². The molecule has 1 saturated heterocycles. The van der Waals surface area contributed by atoms with Crippen molar-refractivity contribution in [3.05, 3.63) is 102 Å². The molecule has 0 aromatic heterocycles. The van der Waals surface area contributed by atoms with Gasteiger partial charge < -0.3 is 4.74 Å². The van der Waals surface area contributed by atoms with Crippen LogP contribution in [0.2, 0.25) is 0 Å². The van der Waals surface area contributed by atoms with E-state index in [4.69, 9.17) is 4.74 Å². The number of benzene rings is 3. The molecule has 2 heteroatoms. The maximum absolute atomic E-state index is 5.95. The summed E-state index contributed by atoms with van der Waals surface area (Å²) in [5.74, 6) is 0.950. The molecule has 0 aliphatic carbocycles. The molecule has 148 valence electrons. The van der Waals surface area contributed by atoms with Gasteiger partial charge in [0.15, 0.2) is 0 Å². The summed E-state index contributed by atoms with van der Waals surface area (Å²) in [4.78, 5) is 2.48. The molecule has 3 aromatic rings. The number of allylic oxidation sites excluding steroid dienone is 1. The molecule has 29 heavy (non-hydrogen) atoms. The SMILES string of the molecule is C(=C(/Cc1ccccc1)c1ccccc1)/c1ccc(OCCN2CCCC2)cc1. The van der Waals surface area contributed by atoms with E-state index in [2.05, 4.69) is 95.9 Å². The van der Waals surface area contributed by atoms with E-state index >= 15 is 0 Å². The molecule has 0 spiro atoms. The second-order valence-corrected chi connectivity index (χ2v) is 7.66. The largest absolute Gasteiger partial charge is 0.492 e. The van der Waals surface area contributed by atoms with E-state index in [1.165, 1.54) is 48.2 Å². The Kier molecular flexibility index (Phi) is 6.77. The van der Waals surface area contributed by atoms with Crippen molar-refractivity contribution < 1.29 is 4.74 Å². The molecule has 0 radical (unpaired) electrons. The lowest BCUT2D eigenvalue weighted by Crippen LogP contribution is -2.25. The fourth-order valence-electron chi connectivity index (χ4n) is 3.86. The smallest absolute Gasteiger partial charge is 0.119 e. The minimum Gasteiger partial charge on any atom is -0.492 e. The molecule has 1 aliphatic rings. The first-order valence-electron chi connectivity index (χ1n) is 10.6.